The fraction of sp³-hybridized carbons (Fsp3) is 0.571. The molecule has 0 saturated carbocycles. The SMILES string of the molecule is CCc1nn(C)cc1-n1cncc1C1CCCCN1. The number of nitrogens with zero attached hydrogens (tertiary/aromatic N) is 4. The maximum Gasteiger partial charge on any atom is 0.0995 e. The average Bonchev–Trinajstić information content (AvgIpc) is 3.05. The molecule has 0 aromatic carbocycles. The summed E-state index contributed by atoms with van der Waals surface area (Å²) in [4.78, 5) is 4.34. The molecule has 0 spiro atoms. The molecule has 5 heteroatoms. The van der Waals surface area contributed by atoms with Gasteiger partial charge < -0.3 is 5.32 Å². The predicted molar refractivity (Wildman–Crippen MR) is 74.3 cm³/mol. The van der Waals surface area contributed by atoms with E-state index in [9.17, 15) is 0 Å². The molecule has 1 aliphatic rings. The molecule has 1 fully saturated rings. The van der Waals surface area contributed by atoms with Gasteiger partial charge in [-0.3, -0.25) is 9.25 Å². The number of aryl methyl sites for hydroxylation is 2. The monoisotopic (exact) mass is 259 g/mol. The molecule has 2 aromatic heterocycles. The van der Waals surface area contributed by atoms with Crippen LogP contribution in [-0.2, 0) is 13.5 Å². The normalized spacial score (nSPS) is 19.8. The lowest BCUT2D eigenvalue weighted by Gasteiger charge is -2.24. The van der Waals surface area contributed by atoms with Crippen molar-refractivity contribution in [1.29, 1.82) is 0 Å². The number of aromatic nitrogens is 4. The van der Waals surface area contributed by atoms with E-state index in [1.165, 1.54) is 25.0 Å². The van der Waals surface area contributed by atoms with Crippen LogP contribution in [0, 0.1) is 0 Å². The van der Waals surface area contributed by atoms with E-state index >= 15 is 0 Å². The Bertz CT molecular complexity index is 548. The summed E-state index contributed by atoms with van der Waals surface area (Å²) in [6, 6.07) is 0.418. The molecule has 1 aliphatic heterocycles. The molecule has 3 heterocycles. The first-order chi connectivity index (χ1) is 9.29. The summed E-state index contributed by atoms with van der Waals surface area (Å²) >= 11 is 0. The molecular formula is C14H21N5. The van der Waals surface area contributed by atoms with Crippen LogP contribution in [0.4, 0.5) is 0 Å². The Balaban J connectivity index is 1.98. The lowest BCUT2D eigenvalue weighted by atomic mass is 10.0. The molecule has 2 aromatic rings. The van der Waals surface area contributed by atoms with Crippen molar-refractivity contribution in [3.63, 3.8) is 0 Å². The third kappa shape index (κ3) is 2.30. The number of hydrogen-bond acceptors (Lipinski definition) is 3. The summed E-state index contributed by atoms with van der Waals surface area (Å²) in [6.45, 7) is 3.24. The van der Waals surface area contributed by atoms with Crippen molar-refractivity contribution in [1.82, 2.24) is 24.6 Å². The predicted octanol–water partition coefficient (Wildman–Crippen LogP) is 1.98. The molecule has 0 radical (unpaired) electrons. The van der Waals surface area contributed by atoms with Crippen molar-refractivity contribution < 1.29 is 0 Å². The van der Waals surface area contributed by atoms with E-state index in [2.05, 4.69) is 33.1 Å². The largest absolute Gasteiger partial charge is 0.309 e. The van der Waals surface area contributed by atoms with Gasteiger partial charge in [-0.2, -0.15) is 5.10 Å². The molecule has 5 nitrogen and oxygen atoms in total. The summed E-state index contributed by atoms with van der Waals surface area (Å²) < 4.78 is 4.07. The van der Waals surface area contributed by atoms with E-state index in [1.807, 2.05) is 24.3 Å². The summed E-state index contributed by atoms with van der Waals surface area (Å²) in [5.74, 6) is 0. The Morgan fingerprint density at radius 2 is 2.32 bits per heavy atom. The maximum absolute atomic E-state index is 4.52. The van der Waals surface area contributed by atoms with Crippen LogP contribution >= 0.6 is 0 Å². The Labute approximate surface area is 113 Å². The van der Waals surface area contributed by atoms with Crippen molar-refractivity contribution in [3.8, 4) is 5.69 Å². The summed E-state index contributed by atoms with van der Waals surface area (Å²) in [6.07, 6.45) is 10.7. The Morgan fingerprint density at radius 1 is 1.42 bits per heavy atom. The minimum Gasteiger partial charge on any atom is -0.309 e. The van der Waals surface area contributed by atoms with Crippen LogP contribution in [0.5, 0.6) is 0 Å². The molecule has 0 bridgehead atoms. The highest BCUT2D eigenvalue weighted by molar-refractivity contribution is 5.37. The first kappa shape index (κ1) is 12.4. The van der Waals surface area contributed by atoms with E-state index in [1.54, 1.807) is 0 Å². The number of nitrogens with one attached hydrogen (secondary N) is 1. The van der Waals surface area contributed by atoms with E-state index in [0.29, 0.717) is 6.04 Å². The van der Waals surface area contributed by atoms with Gasteiger partial charge >= 0.3 is 0 Å². The second-order valence-electron chi connectivity index (χ2n) is 5.18. The van der Waals surface area contributed by atoms with E-state index in [4.69, 9.17) is 0 Å². The van der Waals surface area contributed by atoms with Crippen LogP contribution in [-0.4, -0.2) is 25.9 Å². The van der Waals surface area contributed by atoms with Gasteiger partial charge in [-0.1, -0.05) is 13.3 Å². The summed E-state index contributed by atoms with van der Waals surface area (Å²) in [5.41, 5.74) is 3.53. The van der Waals surface area contributed by atoms with Crippen LogP contribution in [0.3, 0.4) is 0 Å². The van der Waals surface area contributed by atoms with Gasteiger partial charge in [-0.15, -0.1) is 0 Å². The fourth-order valence-electron chi connectivity index (χ4n) is 2.84. The zero-order valence-electron chi connectivity index (χ0n) is 11.6. The highest BCUT2D eigenvalue weighted by Crippen LogP contribution is 2.26. The van der Waals surface area contributed by atoms with Crippen molar-refractivity contribution >= 4 is 0 Å². The van der Waals surface area contributed by atoms with Gasteiger partial charge in [0.05, 0.1) is 29.6 Å². The summed E-state index contributed by atoms with van der Waals surface area (Å²) in [7, 11) is 1.97. The topological polar surface area (TPSA) is 47.7 Å². The molecule has 0 aliphatic carbocycles. The van der Waals surface area contributed by atoms with Gasteiger partial charge in [0.15, 0.2) is 0 Å². The van der Waals surface area contributed by atoms with Crippen molar-refractivity contribution in [3.05, 3.63) is 30.1 Å². The number of imidazole rings is 1. The lowest BCUT2D eigenvalue weighted by Crippen LogP contribution is -2.28. The smallest absolute Gasteiger partial charge is 0.0995 e. The average molecular weight is 259 g/mol. The molecule has 0 amide bonds. The maximum atomic E-state index is 4.52. The zero-order chi connectivity index (χ0) is 13.2. The fourth-order valence-corrected chi connectivity index (χ4v) is 2.84. The van der Waals surface area contributed by atoms with Crippen LogP contribution in [0.25, 0.3) is 5.69 Å². The highest BCUT2D eigenvalue weighted by Gasteiger charge is 2.20. The van der Waals surface area contributed by atoms with Gasteiger partial charge in [-0.05, 0) is 25.8 Å². The first-order valence-electron chi connectivity index (χ1n) is 7.08. The third-order valence-corrected chi connectivity index (χ3v) is 3.81. The molecule has 1 saturated heterocycles. The van der Waals surface area contributed by atoms with Crippen LogP contribution in [0.1, 0.15) is 43.6 Å². The number of rotatable bonds is 3. The lowest BCUT2D eigenvalue weighted by molar-refractivity contribution is 0.401. The highest BCUT2D eigenvalue weighted by atomic mass is 15.3. The molecule has 3 rings (SSSR count). The van der Waals surface area contributed by atoms with Crippen molar-refractivity contribution in [2.75, 3.05) is 6.54 Å². The van der Waals surface area contributed by atoms with Crippen molar-refractivity contribution in [2.45, 2.75) is 38.6 Å². The first-order valence-corrected chi connectivity index (χ1v) is 7.08. The van der Waals surface area contributed by atoms with Gasteiger partial charge in [-0.25, -0.2) is 4.98 Å². The summed E-state index contributed by atoms with van der Waals surface area (Å²) in [5, 5.41) is 8.11. The van der Waals surface area contributed by atoms with E-state index in [-0.39, 0.29) is 0 Å². The van der Waals surface area contributed by atoms with Gasteiger partial charge in [0.2, 0.25) is 0 Å². The van der Waals surface area contributed by atoms with Crippen LogP contribution < -0.4 is 5.32 Å². The van der Waals surface area contributed by atoms with Crippen LogP contribution in [0.2, 0.25) is 0 Å². The molecule has 102 valence electrons. The number of piperidine rings is 1. The molecule has 1 unspecified atom stereocenters. The van der Waals surface area contributed by atoms with Gasteiger partial charge in [0, 0.05) is 19.3 Å². The zero-order valence-corrected chi connectivity index (χ0v) is 11.6. The molecule has 1 N–H and O–H groups in total. The second kappa shape index (κ2) is 5.17. The van der Waals surface area contributed by atoms with Gasteiger partial charge in [0.25, 0.3) is 0 Å². The van der Waals surface area contributed by atoms with Gasteiger partial charge in [0.1, 0.15) is 0 Å². The minimum atomic E-state index is 0.418. The standard InChI is InChI=1S/C14H21N5/c1-3-11-14(9-18(2)17-11)19-10-15-8-13(19)12-6-4-5-7-16-12/h8-10,12,16H,3-7H2,1-2H3. The Kier molecular flexibility index (Phi) is 3.38. The minimum absolute atomic E-state index is 0.418. The Hall–Kier alpha value is -1.62. The quantitative estimate of drug-likeness (QED) is 0.917. The molecule has 19 heavy (non-hydrogen) atoms. The van der Waals surface area contributed by atoms with E-state index < -0.39 is 0 Å². The second-order valence-corrected chi connectivity index (χ2v) is 5.18. The van der Waals surface area contributed by atoms with Crippen molar-refractivity contribution in [2.24, 2.45) is 7.05 Å². The van der Waals surface area contributed by atoms with E-state index in [0.717, 1.165) is 24.3 Å². The third-order valence-electron chi connectivity index (χ3n) is 3.81. The Morgan fingerprint density at radius 3 is 3.05 bits per heavy atom. The molecular weight excluding hydrogens is 238 g/mol. The van der Waals surface area contributed by atoms with Crippen LogP contribution in [0.15, 0.2) is 18.7 Å². The molecule has 1 atom stereocenters. The number of hydrogen-bond donors (Lipinski definition) is 1.